The summed E-state index contributed by atoms with van der Waals surface area (Å²) in [5.74, 6) is -1.27. The first-order valence-electron chi connectivity index (χ1n) is 6.99. The van der Waals surface area contributed by atoms with Crippen molar-refractivity contribution in [3.8, 4) is 0 Å². The summed E-state index contributed by atoms with van der Waals surface area (Å²) in [5.41, 5.74) is 0.122. The Balaban J connectivity index is 2.17. The fourth-order valence-corrected chi connectivity index (χ4v) is 2.00. The largest absolute Gasteiger partial charge is 0.387 e. The molecule has 23 heavy (non-hydrogen) atoms. The average molecular weight is 322 g/mol. The maximum absolute atomic E-state index is 11.6. The fraction of sp³-hybridized carbons (Fsp3) is 0.500. The van der Waals surface area contributed by atoms with Crippen LogP contribution in [0.15, 0.2) is 18.5 Å². The predicted octanol–water partition coefficient (Wildman–Crippen LogP) is 1.24. The molecule has 9 heteroatoms. The number of nitro groups is 1. The predicted molar refractivity (Wildman–Crippen MR) is 79.0 cm³/mol. The number of carbonyl (C=O) groups excluding carboxylic acids is 2. The second-order valence-corrected chi connectivity index (χ2v) is 6.37. The first-order valence-corrected chi connectivity index (χ1v) is 6.99. The Bertz CT molecular complexity index is 653. The summed E-state index contributed by atoms with van der Waals surface area (Å²) in [6.45, 7) is 6.17. The number of nitrogens with zero attached hydrogens (tertiary/aromatic N) is 4. The first kappa shape index (κ1) is 16.8. The van der Waals surface area contributed by atoms with Crippen molar-refractivity contribution in [2.45, 2.75) is 34.0 Å². The minimum Gasteiger partial charge on any atom is -0.374 e. The third-order valence-electron chi connectivity index (χ3n) is 3.07. The standard InChI is InChI=1S/C14H18N4O5/c1-14(2,3)7-23-6-10-13(18(21)22)15-8-16(10)9-17-11(19)4-5-12(17)20/h4-5,8H,6-7,9H2,1-3H3. The van der Waals surface area contributed by atoms with Crippen LogP contribution in [-0.4, -0.2) is 37.8 Å². The van der Waals surface area contributed by atoms with Crippen LogP contribution in [0.5, 0.6) is 0 Å². The van der Waals surface area contributed by atoms with Gasteiger partial charge in [-0.1, -0.05) is 20.8 Å². The van der Waals surface area contributed by atoms with E-state index in [0.717, 1.165) is 17.1 Å². The molecule has 0 radical (unpaired) electrons. The van der Waals surface area contributed by atoms with Gasteiger partial charge < -0.3 is 14.9 Å². The van der Waals surface area contributed by atoms with Gasteiger partial charge in [-0.25, -0.2) is 0 Å². The SMILES string of the molecule is CC(C)(C)COCc1c([N+](=O)[O-])ncn1CN1C(=O)C=CC1=O. The molecule has 2 amide bonds. The second-order valence-electron chi connectivity index (χ2n) is 6.37. The van der Waals surface area contributed by atoms with Crippen LogP contribution in [0.25, 0.3) is 0 Å². The highest BCUT2D eigenvalue weighted by molar-refractivity contribution is 6.12. The quantitative estimate of drug-likeness (QED) is 0.443. The van der Waals surface area contributed by atoms with Crippen molar-refractivity contribution in [3.05, 3.63) is 34.3 Å². The van der Waals surface area contributed by atoms with Crippen LogP contribution in [-0.2, 0) is 27.6 Å². The first-order chi connectivity index (χ1) is 10.7. The van der Waals surface area contributed by atoms with Crippen LogP contribution in [0, 0.1) is 15.5 Å². The lowest BCUT2D eigenvalue weighted by Gasteiger charge is -2.19. The average Bonchev–Trinajstić information content (AvgIpc) is 2.96. The zero-order chi connectivity index (χ0) is 17.2. The number of imidazole rings is 1. The molecule has 0 fully saturated rings. The Morgan fingerprint density at radius 2 is 1.87 bits per heavy atom. The molecular weight excluding hydrogens is 304 g/mol. The van der Waals surface area contributed by atoms with Crippen LogP contribution < -0.4 is 0 Å². The van der Waals surface area contributed by atoms with E-state index in [9.17, 15) is 19.7 Å². The molecule has 0 bridgehead atoms. The van der Waals surface area contributed by atoms with Crippen molar-refractivity contribution in [1.82, 2.24) is 14.5 Å². The summed E-state index contributed by atoms with van der Waals surface area (Å²) < 4.78 is 6.90. The maximum Gasteiger partial charge on any atom is 0.387 e. The van der Waals surface area contributed by atoms with Crippen LogP contribution >= 0.6 is 0 Å². The van der Waals surface area contributed by atoms with E-state index >= 15 is 0 Å². The summed E-state index contributed by atoms with van der Waals surface area (Å²) in [7, 11) is 0. The number of aromatic nitrogens is 2. The number of hydrogen-bond acceptors (Lipinski definition) is 6. The van der Waals surface area contributed by atoms with Crippen LogP contribution in [0.3, 0.4) is 0 Å². The molecule has 0 aromatic carbocycles. The van der Waals surface area contributed by atoms with Gasteiger partial charge in [0.15, 0.2) is 0 Å². The maximum atomic E-state index is 11.6. The van der Waals surface area contributed by atoms with E-state index in [1.807, 2.05) is 20.8 Å². The molecule has 1 aromatic heterocycles. The molecule has 2 heterocycles. The fourth-order valence-electron chi connectivity index (χ4n) is 2.00. The van der Waals surface area contributed by atoms with Crippen molar-refractivity contribution >= 4 is 17.6 Å². The molecule has 1 aromatic rings. The highest BCUT2D eigenvalue weighted by Crippen LogP contribution is 2.21. The van der Waals surface area contributed by atoms with Crippen LogP contribution in [0.2, 0.25) is 0 Å². The van der Waals surface area contributed by atoms with E-state index in [1.54, 1.807) is 0 Å². The Morgan fingerprint density at radius 3 is 2.39 bits per heavy atom. The molecule has 0 saturated carbocycles. The van der Waals surface area contributed by atoms with E-state index in [-0.39, 0.29) is 30.2 Å². The number of carbonyl (C=O) groups is 2. The molecule has 0 N–H and O–H groups in total. The third kappa shape index (κ3) is 4.01. The molecule has 2 rings (SSSR count). The molecule has 1 aliphatic heterocycles. The highest BCUT2D eigenvalue weighted by atomic mass is 16.6. The van der Waals surface area contributed by atoms with E-state index in [4.69, 9.17) is 4.74 Å². The van der Waals surface area contributed by atoms with Gasteiger partial charge in [-0.05, 0) is 15.3 Å². The Morgan fingerprint density at radius 1 is 1.26 bits per heavy atom. The summed E-state index contributed by atoms with van der Waals surface area (Å²) in [6, 6.07) is 0. The normalized spacial score (nSPS) is 14.8. The van der Waals surface area contributed by atoms with Gasteiger partial charge in [0.2, 0.25) is 6.33 Å². The van der Waals surface area contributed by atoms with Gasteiger partial charge in [-0.15, -0.1) is 0 Å². The van der Waals surface area contributed by atoms with Gasteiger partial charge in [0.1, 0.15) is 12.4 Å². The van der Waals surface area contributed by atoms with Crippen molar-refractivity contribution in [1.29, 1.82) is 0 Å². The van der Waals surface area contributed by atoms with Gasteiger partial charge >= 0.3 is 5.82 Å². The minimum atomic E-state index is -0.613. The second kappa shape index (κ2) is 6.29. The highest BCUT2D eigenvalue weighted by Gasteiger charge is 2.28. The van der Waals surface area contributed by atoms with Crippen LogP contribution in [0.1, 0.15) is 26.5 Å². The lowest BCUT2D eigenvalue weighted by atomic mass is 9.99. The molecule has 124 valence electrons. The van der Waals surface area contributed by atoms with E-state index < -0.39 is 16.7 Å². The molecule has 0 spiro atoms. The van der Waals surface area contributed by atoms with Gasteiger partial charge in [0.05, 0.1) is 13.2 Å². The third-order valence-corrected chi connectivity index (χ3v) is 3.07. The summed E-state index contributed by atoms with van der Waals surface area (Å²) in [5, 5.41) is 11.1. The Kier molecular flexibility index (Phi) is 4.60. The molecule has 0 saturated heterocycles. The minimum absolute atomic E-state index is 0.0305. The lowest BCUT2D eigenvalue weighted by molar-refractivity contribution is -0.390. The van der Waals surface area contributed by atoms with Crippen molar-refractivity contribution in [2.24, 2.45) is 5.41 Å². The van der Waals surface area contributed by atoms with Crippen molar-refractivity contribution in [3.63, 3.8) is 0 Å². The summed E-state index contributed by atoms with van der Waals surface area (Å²) in [6.07, 6.45) is 3.54. The zero-order valence-corrected chi connectivity index (χ0v) is 13.2. The van der Waals surface area contributed by atoms with Gasteiger partial charge in [-0.3, -0.25) is 19.1 Å². The van der Waals surface area contributed by atoms with E-state index in [0.29, 0.717) is 6.61 Å². The summed E-state index contributed by atoms with van der Waals surface area (Å²) >= 11 is 0. The molecule has 0 atom stereocenters. The topological polar surface area (TPSA) is 108 Å². The molecular formula is C14H18N4O5. The smallest absolute Gasteiger partial charge is 0.374 e. The summed E-state index contributed by atoms with van der Waals surface area (Å²) in [4.78, 5) is 38.4. The van der Waals surface area contributed by atoms with Gasteiger partial charge in [0, 0.05) is 12.2 Å². The number of amides is 2. The van der Waals surface area contributed by atoms with Gasteiger partial charge in [0.25, 0.3) is 11.8 Å². The van der Waals surface area contributed by atoms with Gasteiger partial charge in [-0.2, -0.15) is 0 Å². The number of hydrogen-bond donors (Lipinski definition) is 0. The van der Waals surface area contributed by atoms with E-state index in [2.05, 4.69) is 4.98 Å². The Labute approximate surface area is 132 Å². The number of ether oxygens (including phenoxy) is 1. The molecule has 9 nitrogen and oxygen atoms in total. The Hall–Kier alpha value is -2.55. The van der Waals surface area contributed by atoms with Crippen LogP contribution in [0.4, 0.5) is 5.82 Å². The number of imide groups is 1. The molecule has 1 aliphatic rings. The van der Waals surface area contributed by atoms with Crippen molar-refractivity contribution in [2.75, 3.05) is 6.61 Å². The van der Waals surface area contributed by atoms with E-state index in [1.165, 1.54) is 10.9 Å². The monoisotopic (exact) mass is 322 g/mol. The molecule has 0 unspecified atom stereocenters. The number of rotatable bonds is 6. The molecule has 0 aliphatic carbocycles. The zero-order valence-electron chi connectivity index (χ0n) is 13.2. The lowest BCUT2D eigenvalue weighted by Crippen LogP contribution is -2.32. The van der Waals surface area contributed by atoms with Crippen molar-refractivity contribution < 1.29 is 19.2 Å².